The van der Waals surface area contributed by atoms with E-state index in [-0.39, 0.29) is 24.0 Å². The molecule has 2 unspecified atom stereocenters. The number of carbonyl (C=O) groups excluding carboxylic acids is 1. The zero-order valence-corrected chi connectivity index (χ0v) is 12.7. The molecule has 1 rings (SSSR count). The van der Waals surface area contributed by atoms with Crippen molar-refractivity contribution in [2.75, 3.05) is 18.6 Å². The first-order valence-corrected chi connectivity index (χ1v) is 7.92. The quantitative estimate of drug-likeness (QED) is 0.718. The van der Waals surface area contributed by atoms with E-state index in [9.17, 15) is 9.90 Å². The van der Waals surface area contributed by atoms with Gasteiger partial charge in [-0.3, -0.25) is 0 Å². The third-order valence-electron chi connectivity index (χ3n) is 3.65. The van der Waals surface area contributed by atoms with Crippen LogP contribution in [0.5, 0.6) is 0 Å². The van der Waals surface area contributed by atoms with E-state index >= 15 is 0 Å². The molecule has 0 spiro atoms. The Labute approximate surface area is 114 Å². The first-order chi connectivity index (χ1) is 8.27. The maximum Gasteiger partial charge on any atom is 0.315 e. The van der Waals surface area contributed by atoms with Gasteiger partial charge >= 0.3 is 6.03 Å². The van der Waals surface area contributed by atoms with E-state index in [0.29, 0.717) is 5.75 Å². The molecule has 0 saturated heterocycles. The van der Waals surface area contributed by atoms with Gasteiger partial charge in [0.15, 0.2) is 0 Å². The van der Waals surface area contributed by atoms with Crippen LogP contribution in [-0.4, -0.2) is 41.3 Å². The molecule has 0 aromatic heterocycles. The number of urea groups is 1. The minimum Gasteiger partial charge on any atom is -0.387 e. The summed E-state index contributed by atoms with van der Waals surface area (Å²) in [6.45, 7) is 6.40. The van der Waals surface area contributed by atoms with Crippen LogP contribution in [0.1, 0.15) is 40.0 Å². The van der Waals surface area contributed by atoms with Crippen molar-refractivity contribution in [2.45, 2.75) is 51.7 Å². The van der Waals surface area contributed by atoms with E-state index in [1.165, 1.54) is 6.42 Å². The number of rotatable bonds is 5. The van der Waals surface area contributed by atoms with Crippen molar-refractivity contribution in [3.63, 3.8) is 0 Å². The van der Waals surface area contributed by atoms with E-state index < -0.39 is 5.60 Å². The van der Waals surface area contributed by atoms with Crippen LogP contribution in [0.3, 0.4) is 0 Å². The maximum atomic E-state index is 11.8. The molecule has 2 amide bonds. The summed E-state index contributed by atoms with van der Waals surface area (Å²) in [7, 11) is 0. The van der Waals surface area contributed by atoms with E-state index in [2.05, 4.69) is 24.5 Å². The predicted octanol–water partition coefficient (Wildman–Crippen LogP) is 1.98. The van der Waals surface area contributed by atoms with Crippen LogP contribution in [-0.2, 0) is 0 Å². The minimum atomic E-state index is -0.845. The Morgan fingerprint density at radius 1 is 1.56 bits per heavy atom. The van der Waals surface area contributed by atoms with Gasteiger partial charge < -0.3 is 15.7 Å². The summed E-state index contributed by atoms with van der Waals surface area (Å²) in [5, 5.41) is 15.7. The zero-order chi connectivity index (χ0) is 13.8. The number of hydrogen-bond donors (Lipinski definition) is 3. The van der Waals surface area contributed by atoms with Crippen LogP contribution in [0.2, 0.25) is 0 Å². The molecule has 3 N–H and O–H groups in total. The third kappa shape index (κ3) is 4.69. The van der Waals surface area contributed by atoms with Crippen molar-refractivity contribution in [3.8, 4) is 0 Å². The van der Waals surface area contributed by atoms with Crippen molar-refractivity contribution < 1.29 is 9.90 Å². The Kier molecular flexibility index (Phi) is 5.34. The molecule has 0 aromatic rings. The normalized spacial score (nSPS) is 25.5. The van der Waals surface area contributed by atoms with Crippen LogP contribution in [0.25, 0.3) is 0 Å². The maximum absolute atomic E-state index is 11.8. The topological polar surface area (TPSA) is 61.4 Å². The second kappa shape index (κ2) is 6.15. The number of aliphatic hydroxyl groups is 1. The van der Waals surface area contributed by atoms with Gasteiger partial charge in [-0.2, -0.15) is 11.8 Å². The minimum absolute atomic E-state index is 0.170. The average Bonchev–Trinajstić information content (AvgIpc) is 2.56. The zero-order valence-electron chi connectivity index (χ0n) is 11.9. The van der Waals surface area contributed by atoms with Crippen molar-refractivity contribution in [2.24, 2.45) is 5.41 Å². The first kappa shape index (κ1) is 15.6. The highest BCUT2D eigenvalue weighted by molar-refractivity contribution is 7.98. The van der Waals surface area contributed by atoms with Crippen LogP contribution in [0.4, 0.5) is 4.79 Å². The lowest BCUT2D eigenvalue weighted by Crippen LogP contribution is -2.50. The monoisotopic (exact) mass is 274 g/mol. The Balaban J connectivity index is 2.34. The number of carbonyl (C=O) groups is 1. The van der Waals surface area contributed by atoms with E-state index in [1.807, 2.05) is 6.26 Å². The Morgan fingerprint density at radius 2 is 2.22 bits per heavy atom. The third-order valence-corrected chi connectivity index (χ3v) is 4.56. The molecule has 0 aromatic carbocycles. The van der Waals surface area contributed by atoms with Gasteiger partial charge in [0.2, 0.25) is 0 Å². The van der Waals surface area contributed by atoms with Gasteiger partial charge in [0.05, 0.1) is 5.60 Å². The van der Waals surface area contributed by atoms with Gasteiger partial charge in [-0.05, 0) is 31.4 Å². The summed E-state index contributed by atoms with van der Waals surface area (Å²) in [6, 6.07) is 0.0688. The Bertz CT molecular complexity index is 293. The highest BCUT2D eigenvalue weighted by atomic mass is 32.2. The van der Waals surface area contributed by atoms with E-state index in [0.717, 1.165) is 12.8 Å². The SMILES string of the molecule is CSCC(C)(O)CNC(=O)NC1CCCC1(C)C. The van der Waals surface area contributed by atoms with Gasteiger partial charge in [-0.25, -0.2) is 4.79 Å². The van der Waals surface area contributed by atoms with Crippen LogP contribution in [0, 0.1) is 5.41 Å². The molecule has 18 heavy (non-hydrogen) atoms. The second-order valence-corrected chi connectivity index (χ2v) is 7.06. The molecule has 1 aliphatic rings. The molecule has 1 aliphatic carbocycles. The lowest BCUT2D eigenvalue weighted by Gasteiger charge is -2.29. The van der Waals surface area contributed by atoms with Gasteiger partial charge in [-0.1, -0.05) is 20.3 Å². The highest BCUT2D eigenvalue weighted by Crippen LogP contribution is 2.37. The fraction of sp³-hybridized carbons (Fsp3) is 0.923. The van der Waals surface area contributed by atoms with Crippen LogP contribution >= 0.6 is 11.8 Å². The van der Waals surface area contributed by atoms with Crippen molar-refractivity contribution >= 4 is 17.8 Å². The fourth-order valence-corrected chi connectivity index (χ4v) is 3.16. The van der Waals surface area contributed by atoms with Gasteiger partial charge in [0, 0.05) is 18.3 Å². The molecule has 5 heteroatoms. The summed E-state index contributed by atoms with van der Waals surface area (Å²) in [4.78, 5) is 11.8. The number of thioether (sulfide) groups is 1. The summed E-state index contributed by atoms with van der Waals surface area (Å²) in [6.07, 6.45) is 5.31. The molecule has 0 radical (unpaired) electrons. The number of nitrogens with one attached hydrogen (secondary N) is 2. The van der Waals surface area contributed by atoms with Gasteiger partial charge in [-0.15, -0.1) is 0 Å². The lowest BCUT2D eigenvalue weighted by atomic mass is 9.87. The van der Waals surface area contributed by atoms with Crippen molar-refractivity contribution in [1.82, 2.24) is 10.6 Å². The Morgan fingerprint density at radius 3 is 2.72 bits per heavy atom. The van der Waals surface area contributed by atoms with E-state index in [4.69, 9.17) is 0 Å². The van der Waals surface area contributed by atoms with Gasteiger partial charge in [0.25, 0.3) is 0 Å². The molecule has 0 bridgehead atoms. The molecule has 0 aliphatic heterocycles. The summed E-state index contributed by atoms with van der Waals surface area (Å²) < 4.78 is 0. The molecule has 2 atom stereocenters. The van der Waals surface area contributed by atoms with E-state index in [1.54, 1.807) is 18.7 Å². The molecule has 1 saturated carbocycles. The summed E-state index contributed by atoms with van der Waals surface area (Å²) in [5.41, 5.74) is -0.666. The van der Waals surface area contributed by atoms with Crippen LogP contribution in [0.15, 0.2) is 0 Å². The molecule has 1 fully saturated rings. The molecular weight excluding hydrogens is 248 g/mol. The molecular formula is C13H26N2O2S. The van der Waals surface area contributed by atoms with Gasteiger partial charge in [0.1, 0.15) is 0 Å². The second-order valence-electron chi connectivity index (χ2n) is 6.19. The largest absolute Gasteiger partial charge is 0.387 e. The standard InChI is InChI=1S/C13H26N2O2S/c1-12(2)7-5-6-10(12)15-11(16)14-8-13(3,17)9-18-4/h10,17H,5-9H2,1-4H3,(H2,14,15,16). The summed E-state index contributed by atoms with van der Waals surface area (Å²) >= 11 is 1.57. The lowest BCUT2D eigenvalue weighted by molar-refractivity contribution is 0.0865. The van der Waals surface area contributed by atoms with Crippen LogP contribution < -0.4 is 10.6 Å². The summed E-state index contributed by atoms with van der Waals surface area (Å²) in [5.74, 6) is 0.613. The smallest absolute Gasteiger partial charge is 0.315 e. The number of amides is 2. The first-order valence-electron chi connectivity index (χ1n) is 6.52. The highest BCUT2D eigenvalue weighted by Gasteiger charge is 2.35. The Hall–Kier alpha value is -0.420. The van der Waals surface area contributed by atoms with Crippen molar-refractivity contribution in [1.29, 1.82) is 0 Å². The van der Waals surface area contributed by atoms with Crippen molar-refractivity contribution in [3.05, 3.63) is 0 Å². The fourth-order valence-electron chi connectivity index (χ4n) is 2.44. The molecule has 4 nitrogen and oxygen atoms in total. The molecule has 0 heterocycles. The average molecular weight is 274 g/mol. The predicted molar refractivity (Wildman–Crippen MR) is 77.0 cm³/mol. The molecule has 106 valence electrons. The number of hydrogen-bond acceptors (Lipinski definition) is 3.